The zero-order valence-corrected chi connectivity index (χ0v) is 9.76. The molecule has 0 unspecified atom stereocenters. The second-order valence-corrected chi connectivity index (χ2v) is 4.47. The van der Waals surface area contributed by atoms with Crippen LogP contribution in [0.25, 0.3) is 0 Å². The monoisotopic (exact) mass is 257 g/mol. The van der Waals surface area contributed by atoms with E-state index < -0.39 is 11.7 Å². The number of carbonyl (C=O) groups is 1. The summed E-state index contributed by atoms with van der Waals surface area (Å²) in [6.07, 6.45) is -3.02. The average molecular weight is 257 g/mol. The first-order valence-corrected chi connectivity index (χ1v) is 5.90. The molecule has 1 fully saturated rings. The van der Waals surface area contributed by atoms with Crippen molar-refractivity contribution in [3.63, 3.8) is 0 Å². The Morgan fingerprint density at radius 1 is 1.22 bits per heavy atom. The fraction of sp³-hybridized carbons (Fsp3) is 0.462. The molecular formula is C13H14F3NO. The van der Waals surface area contributed by atoms with Crippen molar-refractivity contribution in [2.24, 2.45) is 5.92 Å². The molecule has 0 aliphatic carbocycles. The van der Waals surface area contributed by atoms with Gasteiger partial charge in [0.1, 0.15) is 0 Å². The Labute approximate surface area is 103 Å². The number of benzene rings is 1. The molecule has 98 valence electrons. The Morgan fingerprint density at radius 2 is 1.89 bits per heavy atom. The van der Waals surface area contributed by atoms with Crippen molar-refractivity contribution >= 4 is 5.78 Å². The zero-order chi connectivity index (χ0) is 13.2. The van der Waals surface area contributed by atoms with Crippen molar-refractivity contribution in [2.75, 3.05) is 13.1 Å². The standard InChI is InChI=1S/C13H14F3NO/c14-13(15,16)11-3-1-2-10(8-11)12(18)9-4-6-17-7-5-9/h1-3,8-9,17H,4-7H2. The van der Waals surface area contributed by atoms with E-state index in [0.717, 1.165) is 25.2 Å². The predicted octanol–water partition coefficient (Wildman–Crippen LogP) is 2.89. The van der Waals surface area contributed by atoms with Crippen LogP contribution >= 0.6 is 0 Å². The summed E-state index contributed by atoms with van der Waals surface area (Å²) in [5.41, 5.74) is -0.598. The van der Waals surface area contributed by atoms with Gasteiger partial charge in [-0.25, -0.2) is 0 Å². The third-order valence-corrected chi connectivity index (χ3v) is 3.18. The topological polar surface area (TPSA) is 29.1 Å². The molecule has 1 saturated heterocycles. The van der Waals surface area contributed by atoms with Crippen molar-refractivity contribution in [1.82, 2.24) is 5.32 Å². The Bertz CT molecular complexity index is 436. The van der Waals surface area contributed by atoms with Crippen LogP contribution in [0.2, 0.25) is 0 Å². The third-order valence-electron chi connectivity index (χ3n) is 3.18. The van der Waals surface area contributed by atoms with Gasteiger partial charge in [-0.3, -0.25) is 4.79 Å². The molecule has 1 aliphatic rings. The molecule has 1 aromatic rings. The number of halogens is 3. The van der Waals surface area contributed by atoms with Crippen molar-refractivity contribution < 1.29 is 18.0 Å². The summed E-state index contributed by atoms with van der Waals surface area (Å²) < 4.78 is 37.7. The Hall–Kier alpha value is -1.36. The molecule has 1 aliphatic heterocycles. The summed E-state index contributed by atoms with van der Waals surface area (Å²) in [6, 6.07) is 4.68. The lowest BCUT2D eigenvalue weighted by Crippen LogP contribution is -2.32. The quantitative estimate of drug-likeness (QED) is 0.825. The first-order chi connectivity index (χ1) is 8.48. The van der Waals surface area contributed by atoms with Gasteiger partial charge in [0.2, 0.25) is 0 Å². The molecule has 0 aromatic heterocycles. The molecule has 0 bridgehead atoms. The summed E-state index contributed by atoms with van der Waals surface area (Å²) in [6.45, 7) is 1.49. The van der Waals surface area contributed by atoms with Crippen LogP contribution in [-0.4, -0.2) is 18.9 Å². The van der Waals surface area contributed by atoms with Gasteiger partial charge in [-0.05, 0) is 38.1 Å². The number of hydrogen-bond acceptors (Lipinski definition) is 2. The lowest BCUT2D eigenvalue weighted by molar-refractivity contribution is -0.137. The Kier molecular flexibility index (Phi) is 3.71. The van der Waals surface area contributed by atoms with Crippen LogP contribution < -0.4 is 5.32 Å². The highest BCUT2D eigenvalue weighted by Gasteiger charge is 2.31. The van der Waals surface area contributed by atoms with E-state index in [0.29, 0.717) is 12.8 Å². The summed E-state index contributed by atoms with van der Waals surface area (Å²) >= 11 is 0. The highest BCUT2D eigenvalue weighted by atomic mass is 19.4. The maximum Gasteiger partial charge on any atom is 0.416 e. The van der Waals surface area contributed by atoms with Gasteiger partial charge in [0.15, 0.2) is 5.78 Å². The summed E-state index contributed by atoms with van der Waals surface area (Å²) in [5, 5.41) is 3.12. The molecule has 0 amide bonds. The number of hydrogen-bond donors (Lipinski definition) is 1. The van der Waals surface area contributed by atoms with Crippen LogP contribution in [0.3, 0.4) is 0 Å². The minimum Gasteiger partial charge on any atom is -0.317 e. The fourth-order valence-corrected chi connectivity index (χ4v) is 2.17. The summed E-state index contributed by atoms with van der Waals surface area (Å²) in [7, 11) is 0. The van der Waals surface area contributed by atoms with E-state index in [1.165, 1.54) is 12.1 Å². The molecule has 0 radical (unpaired) electrons. The highest BCUT2D eigenvalue weighted by molar-refractivity contribution is 5.98. The maximum atomic E-state index is 12.6. The molecule has 0 atom stereocenters. The van der Waals surface area contributed by atoms with Gasteiger partial charge in [0, 0.05) is 11.5 Å². The number of carbonyl (C=O) groups excluding carboxylic acids is 1. The first kappa shape index (κ1) is 13.1. The second kappa shape index (κ2) is 5.10. The van der Waals surface area contributed by atoms with Gasteiger partial charge < -0.3 is 5.32 Å². The fourth-order valence-electron chi connectivity index (χ4n) is 2.17. The zero-order valence-electron chi connectivity index (χ0n) is 9.76. The van der Waals surface area contributed by atoms with Crippen LogP contribution in [0.15, 0.2) is 24.3 Å². The molecular weight excluding hydrogens is 243 g/mol. The smallest absolute Gasteiger partial charge is 0.317 e. The van der Waals surface area contributed by atoms with Gasteiger partial charge >= 0.3 is 6.18 Å². The maximum absolute atomic E-state index is 12.6. The molecule has 5 heteroatoms. The molecule has 0 saturated carbocycles. The Balaban J connectivity index is 2.20. The van der Waals surface area contributed by atoms with E-state index in [1.807, 2.05) is 0 Å². The lowest BCUT2D eigenvalue weighted by Gasteiger charge is -2.21. The number of nitrogens with one attached hydrogen (secondary N) is 1. The van der Waals surface area contributed by atoms with Crippen molar-refractivity contribution in [3.8, 4) is 0 Å². The summed E-state index contributed by atoms with van der Waals surface area (Å²) in [5.74, 6) is -0.336. The number of alkyl halides is 3. The van der Waals surface area contributed by atoms with Crippen LogP contribution in [0, 0.1) is 5.92 Å². The SMILES string of the molecule is O=C(c1cccc(C(F)(F)F)c1)C1CCNCC1. The van der Waals surface area contributed by atoms with Crippen LogP contribution in [-0.2, 0) is 6.18 Å². The number of ketones is 1. The molecule has 2 nitrogen and oxygen atoms in total. The van der Waals surface area contributed by atoms with E-state index in [2.05, 4.69) is 5.32 Å². The van der Waals surface area contributed by atoms with Gasteiger partial charge in [-0.15, -0.1) is 0 Å². The first-order valence-electron chi connectivity index (χ1n) is 5.90. The molecule has 18 heavy (non-hydrogen) atoms. The van der Waals surface area contributed by atoms with E-state index >= 15 is 0 Å². The number of Topliss-reactive ketones (excluding diaryl/α,β-unsaturated/α-hetero) is 1. The van der Waals surface area contributed by atoms with Crippen LogP contribution in [0.1, 0.15) is 28.8 Å². The van der Waals surface area contributed by atoms with Gasteiger partial charge in [-0.2, -0.15) is 13.2 Å². The normalized spacial score (nSPS) is 17.7. The second-order valence-electron chi connectivity index (χ2n) is 4.47. The highest BCUT2D eigenvalue weighted by Crippen LogP contribution is 2.30. The Morgan fingerprint density at radius 3 is 2.50 bits per heavy atom. The van der Waals surface area contributed by atoms with Crippen molar-refractivity contribution in [2.45, 2.75) is 19.0 Å². The molecule has 1 aromatic carbocycles. The predicted molar refractivity (Wildman–Crippen MR) is 61.4 cm³/mol. The van der Waals surface area contributed by atoms with Crippen molar-refractivity contribution in [1.29, 1.82) is 0 Å². The largest absolute Gasteiger partial charge is 0.416 e. The average Bonchev–Trinajstić information content (AvgIpc) is 2.38. The number of rotatable bonds is 2. The molecule has 0 spiro atoms. The minimum atomic E-state index is -4.40. The minimum absolute atomic E-state index is 0.158. The van der Waals surface area contributed by atoms with E-state index in [4.69, 9.17) is 0 Å². The van der Waals surface area contributed by atoms with Crippen LogP contribution in [0.5, 0.6) is 0 Å². The van der Waals surface area contributed by atoms with Gasteiger partial charge in [0.25, 0.3) is 0 Å². The van der Waals surface area contributed by atoms with E-state index in [1.54, 1.807) is 0 Å². The van der Waals surface area contributed by atoms with Crippen LogP contribution in [0.4, 0.5) is 13.2 Å². The third kappa shape index (κ3) is 2.90. The summed E-state index contributed by atoms with van der Waals surface area (Å²) in [4.78, 5) is 12.1. The van der Waals surface area contributed by atoms with Gasteiger partial charge in [0.05, 0.1) is 5.56 Å². The number of piperidine rings is 1. The lowest BCUT2D eigenvalue weighted by atomic mass is 9.89. The molecule has 1 heterocycles. The molecule has 2 rings (SSSR count). The van der Waals surface area contributed by atoms with E-state index in [-0.39, 0.29) is 17.3 Å². The molecule has 1 N–H and O–H groups in total. The van der Waals surface area contributed by atoms with Gasteiger partial charge in [-0.1, -0.05) is 12.1 Å². The van der Waals surface area contributed by atoms with E-state index in [9.17, 15) is 18.0 Å². The van der Waals surface area contributed by atoms with Crippen molar-refractivity contribution in [3.05, 3.63) is 35.4 Å².